The van der Waals surface area contributed by atoms with Crippen LogP contribution in [0.15, 0.2) is 48.5 Å². The number of nitrogens with zero attached hydrogens (tertiary/aromatic N) is 2. The number of nitrogens with one attached hydrogen (secondary N) is 1. The predicted octanol–water partition coefficient (Wildman–Crippen LogP) is 3.87. The molecule has 176 valence electrons. The van der Waals surface area contributed by atoms with Crippen LogP contribution in [0.5, 0.6) is 0 Å². The predicted molar refractivity (Wildman–Crippen MR) is 130 cm³/mol. The van der Waals surface area contributed by atoms with Crippen LogP contribution in [-0.4, -0.2) is 67.6 Å². The molecule has 1 fully saturated rings. The van der Waals surface area contributed by atoms with Crippen molar-refractivity contribution in [3.63, 3.8) is 0 Å². The van der Waals surface area contributed by atoms with E-state index in [0.717, 1.165) is 56.8 Å². The van der Waals surface area contributed by atoms with E-state index >= 15 is 0 Å². The highest BCUT2D eigenvalue weighted by Crippen LogP contribution is 2.43. The molecule has 1 saturated heterocycles. The first-order chi connectivity index (χ1) is 16.1. The number of fused-ring (bicyclic) bond motifs is 1. The van der Waals surface area contributed by atoms with E-state index in [1.54, 1.807) is 0 Å². The van der Waals surface area contributed by atoms with E-state index in [-0.39, 0.29) is 11.8 Å². The van der Waals surface area contributed by atoms with Gasteiger partial charge in [-0.25, -0.2) is 0 Å². The third kappa shape index (κ3) is 5.40. The monoisotopic (exact) mass is 469 g/mol. The summed E-state index contributed by atoms with van der Waals surface area (Å²) in [4.78, 5) is 31.4. The summed E-state index contributed by atoms with van der Waals surface area (Å²) in [6.07, 6.45) is 1.83. The first-order valence-corrected chi connectivity index (χ1v) is 12.2. The van der Waals surface area contributed by atoms with Gasteiger partial charge in [-0.05, 0) is 35.7 Å². The van der Waals surface area contributed by atoms with Crippen molar-refractivity contribution in [3.05, 3.63) is 70.2 Å². The Morgan fingerprint density at radius 2 is 1.91 bits per heavy atom. The van der Waals surface area contributed by atoms with Crippen LogP contribution >= 0.6 is 11.6 Å². The Kier molecular flexibility index (Phi) is 8.02. The summed E-state index contributed by atoms with van der Waals surface area (Å²) >= 11 is 6.33. The summed E-state index contributed by atoms with van der Waals surface area (Å²) in [6.45, 7) is 7.27. The zero-order valence-electron chi connectivity index (χ0n) is 19.1. The summed E-state index contributed by atoms with van der Waals surface area (Å²) in [5, 5.41) is 3.75. The van der Waals surface area contributed by atoms with E-state index in [2.05, 4.69) is 17.1 Å². The average Bonchev–Trinajstić information content (AvgIpc) is 2.84. The Labute approximate surface area is 200 Å². The van der Waals surface area contributed by atoms with E-state index in [1.165, 1.54) is 0 Å². The summed E-state index contributed by atoms with van der Waals surface area (Å²) in [5.74, 6) is -0.588. The Bertz CT molecular complexity index is 977. The van der Waals surface area contributed by atoms with E-state index in [0.29, 0.717) is 23.7 Å². The highest BCUT2D eigenvalue weighted by molar-refractivity contribution is 6.30. The van der Waals surface area contributed by atoms with E-state index in [4.69, 9.17) is 16.3 Å². The summed E-state index contributed by atoms with van der Waals surface area (Å²) in [6, 6.07) is 14.6. The molecule has 2 aliphatic heterocycles. The lowest BCUT2D eigenvalue weighted by Crippen LogP contribution is -2.49. The zero-order chi connectivity index (χ0) is 23.2. The fraction of sp³-hybridized carbons (Fsp3) is 0.462. The van der Waals surface area contributed by atoms with Gasteiger partial charge in [0.1, 0.15) is 0 Å². The summed E-state index contributed by atoms with van der Waals surface area (Å²) < 4.78 is 5.41. The van der Waals surface area contributed by atoms with Gasteiger partial charge in [-0.1, -0.05) is 55.3 Å². The number of benzene rings is 2. The molecule has 7 heteroatoms. The van der Waals surface area contributed by atoms with Gasteiger partial charge in [0, 0.05) is 43.3 Å². The van der Waals surface area contributed by atoms with Crippen molar-refractivity contribution in [2.75, 3.05) is 45.9 Å². The highest BCUT2D eigenvalue weighted by atomic mass is 35.5. The van der Waals surface area contributed by atoms with Gasteiger partial charge >= 0.3 is 0 Å². The number of unbranched alkanes of at least 4 members (excludes halogenated alkanes) is 1. The molecule has 4 rings (SSSR count). The molecule has 2 atom stereocenters. The van der Waals surface area contributed by atoms with Crippen molar-refractivity contribution < 1.29 is 14.3 Å². The van der Waals surface area contributed by atoms with Gasteiger partial charge in [0.15, 0.2) is 0 Å². The van der Waals surface area contributed by atoms with Crippen LogP contribution in [-0.2, 0) is 9.53 Å². The highest BCUT2D eigenvalue weighted by Gasteiger charge is 2.43. The van der Waals surface area contributed by atoms with Gasteiger partial charge in [0.2, 0.25) is 5.91 Å². The Hall–Kier alpha value is -2.41. The Morgan fingerprint density at radius 1 is 1.12 bits per heavy atom. The average molecular weight is 470 g/mol. The van der Waals surface area contributed by atoms with E-state index in [9.17, 15) is 9.59 Å². The molecule has 2 aromatic rings. The fourth-order valence-corrected chi connectivity index (χ4v) is 4.98. The van der Waals surface area contributed by atoms with Crippen LogP contribution in [0.2, 0.25) is 5.02 Å². The normalized spacial score (nSPS) is 21.0. The smallest absolute Gasteiger partial charge is 0.254 e. The molecule has 0 spiro atoms. The first kappa shape index (κ1) is 23.7. The van der Waals surface area contributed by atoms with Crippen LogP contribution in [0, 0.1) is 0 Å². The molecule has 2 aliphatic rings. The second-order valence-electron chi connectivity index (χ2n) is 8.66. The minimum absolute atomic E-state index is 0.0265. The maximum absolute atomic E-state index is 13.7. The molecule has 0 saturated carbocycles. The van der Waals surface area contributed by atoms with E-state index < -0.39 is 12.0 Å². The van der Waals surface area contributed by atoms with Gasteiger partial charge in [-0.3, -0.25) is 14.5 Å². The number of carbonyl (C=O) groups is 2. The molecule has 33 heavy (non-hydrogen) atoms. The molecule has 0 radical (unpaired) electrons. The molecule has 0 aromatic heterocycles. The maximum atomic E-state index is 13.7. The number of morpholine rings is 1. The molecule has 0 unspecified atom stereocenters. The molecule has 0 aliphatic carbocycles. The number of amides is 2. The third-order valence-electron chi connectivity index (χ3n) is 6.49. The fourth-order valence-electron chi connectivity index (χ4n) is 4.78. The SMILES string of the molecule is CCCCN1C(=O)c2ccccc2[C@H](C(=O)NCCN2CCOCC2)[C@H]1c1cccc(Cl)c1. The molecule has 6 nitrogen and oxygen atoms in total. The van der Waals surface area contributed by atoms with E-state index in [1.807, 2.05) is 53.4 Å². The van der Waals surface area contributed by atoms with Gasteiger partial charge in [0.05, 0.1) is 25.2 Å². The van der Waals surface area contributed by atoms with Crippen molar-refractivity contribution in [1.29, 1.82) is 0 Å². The van der Waals surface area contributed by atoms with Crippen molar-refractivity contribution in [2.24, 2.45) is 0 Å². The van der Waals surface area contributed by atoms with Crippen LogP contribution in [0.3, 0.4) is 0 Å². The summed E-state index contributed by atoms with van der Waals surface area (Å²) in [5.41, 5.74) is 2.28. The number of halogens is 1. The van der Waals surface area contributed by atoms with Crippen molar-refractivity contribution in [2.45, 2.75) is 31.7 Å². The second-order valence-corrected chi connectivity index (χ2v) is 9.10. The number of ether oxygens (including phenoxy) is 1. The van der Waals surface area contributed by atoms with Crippen LogP contribution < -0.4 is 5.32 Å². The Morgan fingerprint density at radius 3 is 2.67 bits per heavy atom. The molecular weight excluding hydrogens is 438 g/mol. The van der Waals surface area contributed by atoms with Crippen LogP contribution in [0.1, 0.15) is 53.2 Å². The molecule has 2 amide bonds. The third-order valence-corrected chi connectivity index (χ3v) is 6.73. The molecule has 2 aromatic carbocycles. The van der Waals surface area contributed by atoms with Gasteiger partial charge in [-0.15, -0.1) is 0 Å². The Balaban J connectivity index is 1.65. The number of hydrogen-bond donors (Lipinski definition) is 1. The standard InChI is InChI=1S/C26H32ClN3O3/c1-2-3-12-30-24(19-7-6-8-20(27)18-19)23(21-9-4-5-10-22(21)26(30)32)25(31)28-11-13-29-14-16-33-17-15-29/h4-10,18,23-24H,2-3,11-17H2,1H3,(H,28,31)/t23-,24+/m0/s1. The minimum Gasteiger partial charge on any atom is -0.379 e. The van der Waals surface area contributed by atoms with Crippen molar-refractivity contribution >= 4 is 23.4 Å². The van der Waals surface area contributed by atoms with Crippen molar-refractivity contribution in [1.82, 2.24) is 15.1 Å². The quantitative estimate of drug-likeness (QED) is 0.637. The van der Waals surface area contributed by atoms with Crippen molar-refractivity contribution in [3.8, 4) is 0 Å². The lowest BCUT2D eigenvalue weighted by atomic mass is 9.79. The topological polar surface area (TPSA) is 61.9 Å². The minimum atomic E-state index is -0.501. The van der Waals surface area contributed by atoms with Gasteiger partial charge in [-0.2, -0.15) is 0 Å². The number of rotatable bonds is 8. The zero-order valence-corrected chi connectivity index (χ0v) is 19.9. The second kappa shape index (κ2) is 11.1. The van der Waals surface area contributed by atoms with Gasteiger partial charge in [0.25, 0.3) is 5.91 Å². The van der Waals surface area contributed by atoms with Crippen LogP contribution in [0.25, 0.3) is 0 Å². The lowest BCUT2D eigenvalue weighted by Gasteiger charge is -2.42. The number of carbonyl (C=O) groups excluding carboxylic acids is 2. The first-order valence-electron chi connectivity index (χ1n) is 11.8. The van der Waals surface area contributed by atoms with Gasteiger partial charge < -0.3 is 15.0 Å². The van der Waals surface area contributed by atoms with Crippen LogP contribution in [0.4, 0.5) is 0 Å². The number of hydrogen-bond acceptors (Lipinski definition) is 4. The largest absolute Gasteiger partial charge is 0.379 e. The molecule has 0 bridgehead atoms. The molecular formula is C26H32ClN3O3. The molecule has 2 heterocycles. The maximum Gasteiger partial charge on any atom is 0.254 e. The molecule has 1 N–H and O–H groups in total. The lowest BCUT2D eigenvalue weighted by molar-refractivity contribution is -0.124. The summed E-state index contributed by atoms with van der Waals surface area (Å²) in [7, 11) is 0.